The molecule has 13 heavy (non-hydrogen) atoms. The minimum atomic E-state index is -0.432. The van der Waals surface area contributed by atoms with Crippen molar-refractivity contribution >= 4 is 5.91 Å². The van der Waals surface area contributed by atoms with Crippen LogP contribution >= 0.6 is 0 Å². The lowest BCUT2D eigenvalue weighted by atomic mass is 9.92. The third kappa shape index (κ3) is 2.21. The Morgan fingerprint density at radius 1 is 1.62 bits per heavy atom. The van der Waals surface area contributed by atoms with Gasteiger partial charge >= 0.3 is 0 Å². The van der Waals surface area contributed by atoms with Crippen molar-refractivity contribution < 1.29 is 4.79 Å². The fourth-order valence-corrected chi connectivity index (χ4v) is 1.16. The number of carbonyl (C=O) groups excluding carboxylic acids is 1. The van der Waals surface area contributed by atoms with Crippen molar-refractivity contribution in [1.29, 1.82) is 0 Å². The van der Waals surface area contributed by atoms with Crippen LogP contribution in [0.5, 0.6) is 0 Å². The number of hydrogen-bond acceptors (Lipinski definition) is 2. The van der Waals surface area contributed by atoms with Gasteiger partial charge in [-0.25, -0.2) is 0 Å². The average molecular weight is 184 g/mol. The van der Waals surface area contributed by atoms with Crippen LogP contribution in [0, 0.1) is 10.8 Å². The Labute approximate surface area is 80.1 Å². The standard InChI is InChI=1S/C10H20N2O/c1-9(2)5-7(9)12-8(13)10(3,4)6-11/h7H,5-6,11H2,1-4H3,(H,12,13). The van der Waals surface area contributed by atoms with Crippen LogP contribution in [0.2, 0.25) is 0 Å². The summed E-state index contributed by atoms with van der Waals surface area (Å²) in [5.74, 6) is 0.0746. The third-order valence-corrected chi connectivity index (χ3v) is 2.94. The second-order valence-electron chi connectivity index (χ2n) is 5.31. The lowest BCUT2D eigenvalue weighted by molar-refractivity contribution is -0.129. The minimum absolute atomic E-state index is 0.0746. The number of carbonyl (C=O) groups is 1. The first-order valence-electron chi connectivity index (χ1n) is 4.81. The molecule has 0 aromatic heterocycles. The van der Waals surface area contributed by atoms with Gasteiger partial charge in [-0.2, -0.15) is 0 Å². The maximum absolute atomic E-state index is 11.6. The van der Waals surface area contributed by atoms with E-state index in [1.165, 1.54) is 0 Å². The highest BCUT2D eigenvalue weighted by Crippen LogP contribution is 2.44. The molecule has 1 saturated carbocycles. The van der Waals surface area contributed by atoms with Gasteiger partial charge in [-0.15, -0.1) is 0 Å². The van der Waals surface area contributed by atoms with Gasteiger partial charge in [-0.1, -0.05) is 13.8 Å². The van der Waals surface area contributed by atoms with E-state index >= 15 is 0 Å². The zero-order chi connectivity index (χ0) is 10.3. The summed E-state index contributed by atoms with van der Waals surface area (Å²) < 4.78 is 0. The van der Waals surface area contributed by atoms with E-state index in [2.05, 4.69) is 19.2 Å². The lowest BCUT2D eigenvalue weighted by Crippen LogP contribution is -2.43. The molecule has 3 N–H and O–H groups in total. The van der Waals surface area contributed by atoms with Gasteiger partial charge in [0, 0.05) is 12.6 Å². The fraction of sp³-hybridized carbons (Fsp3) is 0.900. The molecule has 3 heteroatoms. The summed E-state index contributed by atoms with van der Waals surface area (Å²) in [6.45, 7) is 8.46. The molecule has 1 aliphatic carbocycles. The van der Waals surface area contributed by atoms with E-state index in [0.717, 1.165) is 6.42 Å². The zero-order valence-corrected chi connectivity index (χ0v) is 8.98. The minimum Gasteiger partial charge on any atom is -0.352 e. The number of nitrogens with two attached hydrogens (primary N) is 1. The van der Waals surface area contributed by atoms with Crippen LogP contribution in [-0.2, 0) is 4.79 Å². The predicted octanol–water partition coefficient (Wildman–Crippen LogP) is 0.886. The maximum atomic E-state index is 11.6. The van der Waals surface area contributed by atoms with E-state index in [0.29, 0.717) is 18.0 Å². The second kappa shape index (κ2) is 2.98. The van der Waals surface area contributed by atoms with Crippen molar-refractivity contribution in [1.82, 2.24) is 5.32 Å². The topological polar surface area (TPSA) is 55.1 Å². The highest BCUT2D eigenvalue weighted by molar-refractivity contribution is 5.82. The molecule has 0 spiro atoms. The number of amides is 1. The van der Waals surface area contributed by atoms with Gasteiger partial charge in [0.15, 0.2) is 0 Å². The molecule has 0 aromatic carbocycles. The molecule has 0 heterocycles. The van der Waals surface area contributed by atoms with Crippen LogP contribution in [0.25, 0.3) is 0 Å². The Balaban J connectivity index is 2.43. The molecule has 1 fully saturated rings. The van der Waals surface area contributed by atoms with Crippen LogP contribution in [0.1, 0.15) is 34.1 Å². The summed E-state index contributed by atoms with van der Waals surface area (Å²) in [6, 6.07) is 0.353. The molecule has 1 unspecified atom stereocenters. The molecule has 0 radical (unpaired) electrons. The van der Waals surface area contributed by atoms with Crippen molar-refractivity contribution in [3.8, 4) is 0 Å². The van der Waals surface area contributed by atoms with Crippen LogP contribution < -0.4 is 11.1 Å². The summed E-state index contributed by atoms with van der Waals surface area (Å²) in [7, 11) is 0. The molecule has 1 rings (SSSR count). The predicted molar refractivity (Wildman–Crippen MR) is 53.2 cm³/mol. The molecule has 1 atom stereocenters. The molecule has 1 aliphatic rings. The first-order chi connectivity index (χ1) is 5.79. The molecular weight excluding hydrogens is 164 g/mol. The molecule has 76 valence electrons. The Morgan fingerprint density at radius 3 is 2.38 bits per heavy atom. The van der Waals surface area contributed by atoms with Gasteiger partial charge in [0.1, 0.15) is 0 Å². The summed E-state index contributed by atoms with van der Waals surface area (Å²) in [5, 5.41) is 3.02. The molecular formula is C10H20N2O. The Hall–Kier alpha value is -0.570. The summed E-state index contributed by atoms with van der Waals surface area (Å²) >= 11 is 0. The van der Waals surface area contributed by atoms with Gasteiger partial charge in [-0.3, -0.25) is 4.79 Å². The summed E-state index contributed by atoms with van der Waals surface area (Å²) in [6.07, 6.45) is 1.08. The molecule has 3 nitrogen and oxygen atoms in total. The van der Waals surface area contributed by atoms with Gasteiger partial charge in [0.25, 0.3) is 0 Å². The van der Waals surface area contributed by atoms with Crippen LogP contribution in [0.3, 0.4) is 0 Å². The van der Waals surface area contributed by atoms with E-state index in [1.807, 2.05) is 13.8 Å². The van der Waals surface area contributed by atoms with Gasteiger partial charge in [0.05, 0.1) is 5.41 Å². The highest BCUT2D eigenvalue weighted by Gasteiger charge is 2.47. The Kier molecular flexibility index (Phi) is 2.41. The van der Waals surface area contributed by atoms with Crippen molar-refractivity contribution in [3.63, 3.8) is 0 Å². The maximum Gasteiger partial charge on any atom is 0.227 e. The number of hydrogen-bond donors (Lipinski definition) is 2. The normalized spacial score (nSPS) is 25.5. The van der Waals surface area contributed by atoms with Crippen molar-refractivity contribution in [2.75, 3.05) is 6.54 Å². The highest BCUT2D eigenvalue weighted by atomic mass is 16.2. The van der Waals surface area contributed by atoms with E-state index in [9.17, 15) is 4.79 Å². The number of rotatable bonds is 3. The Bertz CT molecular complexity index is 221. The smallest absolute Gasteiger partial charge is 0.227 e. The third-order valence-electron chi connectivity index (χ3n) is 2.94. The van der Waals surface area contributed by atoms with Gasteiger partial charge in [0.2, 0.25) is 5.91 Å². The van der Waals surface area contributed by atoms with Crippen molar-refractivity contribution in [2.24, 2.45) is 16.6 Å². The van der Waals surface area contributed by atoms with Gasteiger partial charge in [-0.05, 0) is 25.7 Å². The van der Waals surface area contributed by atoms with E-state index in [-0.39, 0.29) is 5.91 Å². The second-order valence-corrected chi connectivity index (χ2v) is 5.31. The Morgan fingerprint density at radius 2 is 2.08 bits per heavy atom. The lowest BCUT2D eigenvalue weighted by Gasteiger charge is -2.21. The SMILES string of the molecule is CC(C)(CN)C(=O)NC1CC1(C)C. The van der Waals surface area contributed by atoms with Crippen molar-refractivity contribution in [3.05, 3.63) is 0 Å². The van der Waals surface area contributed by atoms with E-state index in [1.54, 1.807) is 0 Å². The first-order valence-corrected chi connectivity index (χ1v) is 4.81. The monoisotopic (exact) mass is 184 g/mol. The molecule has 1 amide bonds. The summed E-state index contributed by atoms with van der Waals surface area (Å²) in [5.41, 5.74) is 5.37. The first kappa shape index (κ1) is 10.5. The van der Waals surface area contributed by atoms with Gasteiger partial charge < -0.3 is 11.1 Å². The fourth-order valence-electron chi connectivity index (χ4n) is 1.16. The largest absolute Gasteiger partial charge is 0.352 e. The molecule has 0 aliphatic heterocycles. The molecule has 0 aromatic rings. The van der Waals surface area contributed by atoms with Crippen LogP contribution in [0.4, 0.5) is 0 Å². The average Bonchev–Trinajstić information content (AvgIpc) is 2.58. The molecule has 0 saturated heterocycles. The summed E-state index contributed by atoms with van der Waals surface area (Å²) in [4.78, 5) is 11.6. The molecule has 0 bridgehead atoms. The van der Waals surface area contributed by atoms with Crippen LogP contribution in [0.15, 0.2) is 0 Å². The quantitative estimate of drug-likeness (QED) is 0.684. The van der Waals surface area contributed by atoms with E-state index in [4.69, 9.17) is 5.73 Å². The number of nitrogens with one attached hydrogen (secondary N) is 1. The van der Waals surface area contributed by atoms with E-state index < -0.39 is 5.41 Å². The zero-order valence-electron chi connectivity index (χ0n) is 8.98. The van der Waals surface area contributed by atoms with Crippen molar-refractivity contribution in [2.45, 2.75) is 40.2 Å². The van der Waals surface area contributed by atoms with Crippen LogP contribution in [-0.4, -0.2) is 18.5 Å².